The van der Waals surface area contributed by atoms with E-state index >= 15 is 0 Å². The quantitative estimate of drug-likeness (QED) is 0.863. The van der Waals surface area contributed by atoms with Gasteiger partial charge < -0.3 is 10.1 Å². The highest BCUT2D eigenvalue weighted by molar-refractivity contribution is 9.11. The van der Waals surface area contributed by atoms with Gasteiger partial charge in [-0.3, -0.25) is 4.79 Å². The van der Waals surface area contributed by atoms with Gasteiger partial charge in [-0.1, -0.05) is 12.1 Å². The van der Waals surface area contributed by atoms with Crippen LogP contribution >= 0.6 is 27.3 Å². The van der Waals surface area contributed by atoms with Crippen molar-refractivity contribution in [2.24, 2.45) is 0 Å². The Balaban J connectivity index is 1.74. The van der Waals surface area contributed by atoms with Gasteiger partial charge in [-0.25, -0.2) is 0 Å². The first-order chi connectivity index (χ1) is 9.67. The lowest BCUT2D eigenvalue weighted by Gasteiger charge is -2.05. The molecule has 3 nitrogen and oxygen atoms in total. The highest BCUT2D eigenvalue weighted by atomic mass is 79.9. The zero-order valence-electron chi connectivity index (χ0n) is 11.2. The number of carbonyl (C=O) groups is 1. The van der Waals surface area contributed by atoms with Crippen LogP contribution < -0.4 is 10.1 Å². The van der Waals surface area contributed by atoms with Gasteiger partial charge in [-0.15, -0.1) is 11.3 Å². The Bertz CT molecular complexity index is 566. The van der Waals surface area contributed by atoms with Gasteiger partial charge in [0.15, 0.2) is 0 Å². The van der Waals surface area contributed by atoms with Crippen LogP contribution in [0.3, 0.4) is 0 Å². The average molecular weight is 354 g/mol. The molecule has 0 aliphatic heterocycles. The maximum absolute atomic E-state index is 11.8. The lowest BCUT2D eigenvalue weighted by Crippen LogP contribution is -2.27. The first kappa shape index (κ1) is 15.1. The van der Waals surface area contributed by atoms with Crippen molar-refractivity contribution in [2.75, 3.05) is 13.7 Å². The van der Waals surface area contributed by atoms with Gasteiger partial charge in [0, 0.05) is 11.4 Å². The molecule has 1 heterocycles. The fraction of sp³-hybridized carbons (Fsp3) is 0.267. The lowest BCUT2D eigenvalue weighted by atomic mass is 10.1. The van der Waals surface area contributed by atoms with E-state index in [0.29, 0.717) is 13.0 Å². The predicted octanol–water partition coefficient (Wildman–Crippen LogP) is 3.42. The molecule has 0 saturated heterocycles. The summed E-state index contributed by atoms with van der Waals surface area (Å²) in [7, 11) is 1.63. The number of nitrogens with one attached hydrogen (secondary N) is 1. The van der Waals surface area contributed by atoms with Crippen LogP contribution in [0.2, 0.25) is 0 Å². The number of hydrogen-bond donors (Lipinski definition) is 1. The van der Waals surface area contributed by atoms with E-state index in [1.165, 1.54) is 4.88 Å². The third-order valence-electron chi connectivity index (χ3n) is 2.85. The van der Waals surface area contributed by atoms with Crippen LogP contribution in [0.4, 0.5) is 0 Å². The van der Waals surface area contributed by atoms with E-state index in [4.69, 9.17) is 4.74 Å². The van der Waals surface area contributed by atoms with E-state index in [1.54, 1.807) is 18.4 Å². The normalized spacial score (nSPS) is 10.3. The van der Waals surface area contributed by atoms with Crippen molar-refractivity contribution in [1.82, 2.24) is 5.32 Å². The van der Waals surface area contributed by atoms with E-state index in [1.807, 2.05) is 30.3 Å². The van der Waals surface area contributed by atoms with Gasteiger partial charge >= 0.3 is 0 Å². The molecule has 0 atom stereocenters. The number of hydrogen-bond acceptors (Lipinski definition) is 3. The molecule has 1 aromatic heterocycles. The summed E-state index contributed by atoms with van der Waals surface area (Å²) in [4.78, 5) is 13.1. The largest absolute Gasteiger partial charge is 0.497 e. The Morgan fingerprint density at radius 2 is 2.00 bits per heavy atom. The van der Waals surface area contributed by atoms with Gasteiger partial charge in [0.1, 0.15) is 5.75 Å². The SMILES string of the molecule is COc1ccc(CC(=O)NCCc2ccc(Br)s2)cc1. The van der Waals surface area contributed by atoms with Crippen LogP contribution in [0.25, 0.3) is 0 Å². The molecule has 0 unspecified atom stereocenters. The van der Waals surface area contributed by atoms with Crippen molar-refractivity contribution in [3.8, 4) is 5.75 Å². The summed E-state index contributed by atoms with van der Waals surface area (Å²) < 4.78 is 6.21. The van der Waals surface area contributed by atoms with E-state index in [0.717, 1.165) is 21.5 Å². The van der Waals surface area contributed by atoms with Crippen LogP contribution in [0.1, 0.15) is 10.4 Å². The summed E-state index contributed by atoms with van der Waals surface area (Å²) in [5.41, 5.74) is 0.988. The molecule has 0 spiro atoms. The molecular weight excluding hydrogens is 338 g/mol. The Hall–Kier alpha value is -1.33. The molecule has 0 aliphatic rings. The second-order valence-electron chi connectivity index (χ2n) is 4.33. The first-order valence-corrected chi connectivity index (χ1v) is 7.92. The average Bonchev–Trinajstić information content (AvgIpc) is 2.85. The lowest BCUT2D eigenvalue weighted by molar-refractivity contribution is -0.120. The molecule has 0 radical (unpaired) electrons. The number of halogens is 1. The Morgan fingerprint density at radius 1 is 1.25 bits per heavy atom. The molecule has 0 aliphatic carbocycles. The minimum Gasteiger partial charge on any atom is -0.497 e. The second-order valence-corrected chi connectivity index (χ2v) is 6.88. The molecular formula is C15H16BrNO2S. The number of benzene rings is 1. The summed E-state index contributed by atoms with van der Waals surface area (Å²) in [5.74, 6) is 0.850. The number of methoxy groups -OCH3 is 1. The summed E-state index contributed by atoms with van der Waals surface area (Å²) >= 11 is 5.13. The number of carbonyl (C=O) groups excluding carboxylic acids is 1. The standard InChI is InChI=1S/C15H16BrNO2S/c1-19-12-4-2-11(3-5-12)10-15(18)17-9-8-13-6-7-14(16)20-13/h2-7H,8-10H2,1H3,(H,17,18). The summed E-state index contributed by atoms with van der Waals surface area (Å²) in [6.45, 7) is 0.669. The minimum atomic E-state index is 0.0470. The van der Waals surface area contributed by atoms with Crippen LogP contribution in [0, 0.1) is 0 Å². The molecule has 0 saturated carbocycles. The minimum absolute atomic E-state index is 0.0470. The Kier molecular flexibility index (Phi) is 5.61. The number of rotatable bonds is 6. The molecule has 0 fully saturated rings. The van der Waals surface area contributed by atoms with Crippen LogP contribution in [0.5, 0.6) is 5.75 Å². The smallest absolute Gasteiger partial charge is 0.224 e. The van der Waals surface area contributed by atoms with Gasteiger partial charge in [-0.2, -0.15) is 0 Å². The Labute approximate surface area is 131 Å². The van der Waals surface area contributed by atoms with Crippen molar-refractivity contribution in [1.29, 1.82) is 0 Å². The molecule has 20 heavy (non-hydrogen) atoms. The first-order valence-electron chi connectivity index (χ1n) is 6.31. The van der Waals surface area contributed by atoms with Crippen LogP contribution in [-0.4, -0.2) is 19.6 Å². The second kappa shape index (κ2) is 7.45. The topological polar surface area (TPSA) is 38.3 Å². The monoisotopic (exact) mass is 353 g/mol. The molecule has 1 amide bonds. The van der Waals surface area contributed by atoms with E-state index < -0.39 is 0 Å². The number of amides is 1. The van der Waals surface area contributed by atoms with Gasteiger partial charge in [0.05, 0.1) is 17.3 Å². The highest BCUT2D eigenvalue weighted by Crippen LogP contribution is 2.22. The van der Waals surface area contributed by atoms with Crippen molar-refractivity contribution < 1.29 is 9.53 Å². The predicted molar refractivity (Wildman–Crippen MR) is 85.4 cm³/mol. The third kappa shape index (κ3) is 4.65. The molecule has 2 rings (SSSR count). The molecule has 5 heteroatoms. The summed E-state index contributed by atoms with van der Waals surface area (Å²) in [5, 5.41) is 2.94. The van der Waals surface area contributed by atoms with Crippen molar-refractivity contribution in [3.05, 3.63) is 50.6 Å². The van der Waals surface area contributed by atoms with Crippen molar-refractivity contribution in [2.45, 2.75) is 12.8 Å². The van der Waals surface area contributed by atoms with E-state index in [-0.39, 0.29) is 5.91 Å². The maximum Gasteiger partial charge on any atom is 0.224 e. The van der Waals surface area contributed by atoms with Crippen LogP contribution in [-0.2, 0) is 17.6 Å². The Morgan fingerprint density at radius 3 is 2.60 bits per heavy atom. The molecule has 2 aromatic rings. The number of ether oxygens (including phenoxy) is 1. The van der Waals surface area contributed by atoms with Crippen molar-refractivity contribution in [3.63, 3.8) is 0 Å². The number of thiophene rings is 1. The van der Waals surface area contributed by atoms with E-state index in [9.17, 15) is 4.79 Å². The van der Waals surface area contributed by atoms with Crippen molar-refractivity contribution >= 4 is 33.2 Å². The third-order valence-corrected chi connectivity index (χ3v) is 4.53. The molecule has 106 valence electrons. The van der Waals surface area contributed by atoms with Gasteiger partial charge in [0.25, 0.3) is 0 Å². The highest BCUT2D eigenvalue weighted by Gasteiger charge is 2.04. The molecule has 1 N–H and O–H groups in total. The zero-order chi connectivity index (χ0) is 14.4. The van der Waals surface area contributed by atoms with E-state index in [2.05, 4.69) is 27.3 Å². The molecule has 0 bridgehead atoms. The summed E-state index contributed by atoms with van der Waals surface area (Å²) in [6, 6.07) is 11.7. The fourth-order valence-electron chi connectivity index (χ4n) is 1.80. The molecule has 1 aromatic carbocycles. The maximum atomic E-state index is 11.8. The summed E-state index contributed by atoms with van der Waals surface area (Å²) in [6.07, 6.45) is 1.27. The van der Waals surface area contributed by atoms with Gasteiger partial charge in [-0.05, 0) is 52.2 Å². The van der Waals surface area contributed by atoms with Gasteiger partial charge in [0.2, 0.25) is 5.91 Å². The fourth-order valence-corrected chi connectivity index (χ4v) is 3.29. The zero-order valence-corrected chi connectivity index (χ0v) is 13.6. The van der Waals surface area contributed by atoms with Crippen LogP contribution in [0.15, 0.2) is 40.2 Å².